The summed E-state index contributed by atoms with van der Waals surface area (Å²) in [5, 5.41) is 2.87. The van der Waals surface area contributed by atoms with Crippen molar-refractivity contribution in [2.45, 2.75) is 50.5 Å². The Morgan fingerprint density at radius 1 is 1.28 bits per heavy atom. The summed E-state index contributed by atoms with van der Waals surface area (Å²) in [6, 6.07) is 3.25. The number of benzene rings is 1. The van der Waals surface area contributed by atoms with Gasteiger partial charge < -0.3 is 11.1 Å². The minimum Gasteiger partial charge on any atom is -0.327 e. The van der Waals surface area contributed by atoms with E-state index in [4.69, 9.17) is 5.73 Å². The van der Waals surface area contributed by atoms with Gasteiger partial charge in [0.2, 0.25) is 15.9 Å². The first-order chi connectivity index (χ1) is 11.1. The van der Waals surface area contributed by atoms with Crippen LogP contribution in [-0.2, 0) is 14.8 Å². The second kappa shape index (κ2) is 8.49. The molecule has 8 heteroatoms. The molecule has 1 aromatic carbocycles. The molecule has 6 nitrogen and oxygen atoms in total. The van der Waals surface area contributed by atoms with Gasteiger partial charge in [0.05, 0.1) is 4.90 Å². The van der Waals surface area contributed by atoms with Gasteiger partial charge in [-0.05, 0) is 55.9 Å². The number of aryl methyl sites for hydroxylation is 1. The predicted molar refractivity (Wildman–Crippen MR) is 103 cm³/mol. The average molecular weight is 390 g/mol. The monoisotopic (exact) mass is 389 g/mol. The third-order valence-corrected chi connectivity index (χ3v) is 6.65. The van der Waals surface area contributed by atoms with E-state index in [2.05, 4.69) is 5.32 Å². The van der Waals surface area contributed by atoms with Gasteiger partial charge in [-0.1, -0.05) is 6.42 Å². The molecule has 1 aromatic rings. The van der Waals surface area contributed by atoms with Crippen molar-refractivity contribution in [3.05, 3.63) is 23.3 Å². The SMILES string of the molecule is Cc1cc(S(=O)(=O)N(C)C)cc(NC(=O)C[C@@H]2CCC[C@H]2N)c1C.Cl. The molecule has 3 N–H and O–H groups in total. The van der Waals surface area contributed by atoms with E-state index in [0.717, 1.165) is 30.4 Å². The van der Waals surface area contributed by atoms with Crippen LogP contribution in [0.1, 0.15) is 36.8 Å². The van der Waals surface area contributed by atoms with Crippen molar-refractivity contribution in [1.82, 2.24) is 4.31 Å². The number of carbonyl (C=O) groups excluding carboxylic acids is 1. The summed E-state index contributed by atoms with van der Waals surface area (Å²) in [4.78, 5) is 12.5. The lowest BCUT2D eigenvalue weighted by Crippen LogP contribution is -2.28. The molecule has 0 unspecified atom stereocenters. The molecule has 1 aliphatic carbocycles. The van der Waals surface area contributed by atoms with Crippen molar-refractivity contribution in [3.8, 4) is 0 Å². The van der Waals surface area contributed by atoms with Crippen LogP contribution in [-0.4, -0.2) is 38.8 Å². The summed E-state index contributed by atoms with van der Waals surface area (Å²) in [7, 11) is -0.563. The van der Waals surface area contributed by atoms with Gasteiger partial charge in [0.25, 0.3) is 0 Å². The van der Waals surface area contributed by atoms with Crippen molar-refractivity contribution < 1.29 is 13.2 Å². The molecular formula is C17H28ClN3O3S. The number of nitrogens with one attached hydrogen (secondary N) is 1. The molecule has 0 bridgehead atoms. The van der Waals surface area contributed by atoms with Crippen LogP contribution < -0.4 is 11.1 Å². The van der Waals surface area contributed by atoms with Crippen molar-refractivity contribution in [2.24, 2.45) is 11.7 Å². The van der Waals surface area contributed by atoms with Gasteiger partial charge in [-0.15, -0.1) is 12.4 Å². The van der Waals surface area contributed by atoms with Crippen molar-refractivity contribution in [3.63, 3.8) is 0 Å². The van der Waals surface area contributed by atoms with Gasteiger partial charge in [0.15, 0.2) is 0 Å². The molecule has 25 heavy (non-hydrogen) atoms. The van der Waals surface area contributed by atoms with Crippen LogP contribution in [0.4, 0.5) is 5.69 Å². The Morgan fingerprint density at radius 3 is 2.44 bits per heavy atom. The number of rotatable bonds is 5. The molecule has 1 aliphatic rings. The minimum atomic E-state index is -3.54. The molecule has 0 aromatic heterocycles. The Morgan fingerprint density at radius 2 is 1.92 bits per heavy atom. The highest BCUT2D eigenvalue weighted by Gasteiger charge is 2.26. The fourth-order valence-electron chi connectivity index (χ4n) is 3.07. The van der Waals surface area contributed by atoms with E-state index in [1.807, 2.05) is 13.8 Å². The average Bonchev–Trinajstić information content (AvgIpc) is 2.88. The predicted octanol–water partition coefficient (Wildman–Crippen LogP) is 2.43. The van der Waals surface area contributed by atoms with E-state index in [1.165, 1.54) is 24.5 Å². The molecule has 2 rings (SSSR count). The lowest BCUT2D eigenvalue weighted by Gasteiger charge is -2.18. The maximum absolute atomic E-state index is 12.4. The molecule has 1 saturated carbocycles. The number of anilines is 1. The zero-order valence-corrected chi connectivity index (χ0v) is 16.8. The molecule has 2 atom stereocenters. The highest BCUT2D eigenvalue weighted by Crippen LogP contribution is 2.29. The van der Waals surface area contributed by atoms with Gasteiger partial charge in [-0.25, -0.2) is 12.7 Å². The molecule has 142 valence electrons. The van der Waals surface area contributed by atoms with Crippen molar-refractivity contribution in [2.75, 3.05) is 19.4 Å². The Kier molecular flexibility index (Phi) is 7.43. The molecule has 0 heterocycles. The number of amides is 1. The Labute approximate surface area is 156 Å². The van der Waals surface area contributed by atoms with Gasteiger partial charge >= 0.3 is 0 Å². The van der Waals surface area contributed by atoms with Crippen molar-refractivity contribution in [1.29, 1.82) is 0 Å². The lowest BCUT2D eigenvalue weighted by molar-refractivity contribution is -0.117. The van der Waals surface area contributed by atoms with E-state index in [0.29, 0.717) is 12.1 Å². The second-order valence-electron chi connectivity index (χ2n) is 6.81. The minimum absolute atomic E-state index is 0. The van der Waals surface area contributed by atoms with Gasteiger partial charge in [0.1, 0.15) is 0 Å². The number of hydrogen-bond acceptors (Lipinski definition) is 4. The first-order valence-electron chi connectivity index (χ1n) is 8.22. The van der Waals surface area contributed by atoms with E-state index < -0.39 is 10.0 Å². The van der Waals surface area contributed by atoms with Crippen LogP contribution in [0.25, 0.3) is 0 Å². The molecule has 0 radical (unpaired) electrons. The highest BCUT2D eigenvalue weighted by atomic mass is 35.5. The summed E-state index contributed by atoms with van der Waals surface area (Å²) < 4.78 is 25.9. The van der Waals surface area contributed by atoms with Gasteiger partial charge in [0, 0.05) is 32.2 Å². The maximum Gasteiger partial charge on any atom is 0.242 e. The molecule has 1 fully saturated rings. The first-order valence-corrected chi connectivity index (χ1v) is 9.66. The summed E-state index contributed by atoms with van der Waals surface area (Å²) in [5.41, 5.74) is 8.27. The molecule has 0 aliphatic heterocycles. The van der Waals surface area contributed by atoms with Crippen LogP contribution in [0.15, 0.2) is 17.0 Å². The van der Waals surface area contributed by atoms with Crippen LogP contribution >= 0.6 is 12.4 Å². The Hall–Kier alpha value is -1.15. The Balaban J connectivity index is 0.00000312. The number of nitrogens with zero attached hydrogens (tertiary/aromatic N) is 1. The van der Waals surface area contributed by atoms with Gasteiger partial charge in [-0.3, -0.25) is 4.79 Å². The molecule has 0 saturated heterocycles. The fourth-order valence-corrected chi connectivity index (χ4v) is 4.09. The molecule has 0 spiro atoms. The van der Waals surface area contributed by atoms with Crippen LogP contribution in [0.2, 0.25) is 0 Å². The number of nitrogens with two attached hydrogens (primary N) is 1. The lowest BCUT2D eigenvalue weighted by atomic mass is 9.99. The van der Waals surface area contributed by atoms with Crippen LogP contribution in [0.5, 0.6) is 0 Å². The summed E-state index contributed by atoms with van der Waals surface area (Å²) in [5.74, 6) is 0.0966. The quantitative estimate of drug-likeness (QED) is 0.808. The number of sulfonamides is 1. The molecular weight excluding hydrogens is 362 g/mol. The van der Waals surface area contributed by atoms with Crippen molar-refractivity contribution >= 4 is 34.0 Å². The number of hydrogen-bond donors (Lipinski definition) is 2. The third kappa shape index (κ3) is 4.94. The van der Waals surface area contributed by atoms with Gasteiger partial charge in [-0.2, -0.15) is 0 Å². The summed E-state index contributed by atoms with van der Waals surface area (Å²) in [6.45, 7) is 3.71. The van der Waals surface area contributed by atoms with Crippen LogP contribution in [0, 0.1) is 19.8 Å². The maximum atomic E-state index is 12.4. The normalized spacial score (nSPS) is 20.4. The number of carbonyl (C=O) groups is 1. The van der Waals surface area contributed by atoms with E-state index in [-0.39, 0.29) is 35.2 Å². The zero-order chi connectivity index (χ0) is 18.1. The van der Waals surface area contributed by atoms with Crippen LogP contribution in [0.3, 0.4) is 0 Å². The second-order valence-corrected chi connectivity index (χ2v) is 8.96. The summed E-state index contributed by atoms with van der Waals surface area (Å²) in [6.07, 6.45) is 3.38. The van der Waals surface area contributed by atoms with E-state index in [9.17, 15) is 13.2 Å². The highest BCUT2D eigenvalue weighted by molar-refractivity contribution is 7.89. The third-order valence-electron chi connectivity index (χ3n) is 4.86. The zero-order valence-electron chi connectivity index (χ0n) is 15.2. The largest absolute Gasteiger partial charge is 0.327 e. The fraction of sp³-hybridized carbons (Fsp3) is 0.588. The van der Waals surface area contributed by atoms with E-state index >= 15 is 0 Å². The first kappa shape index (κ1) is 21.9. The molecule has 1 amide bonds. The Bertz CT molecular complexity index is 735. The summed E-state index contributed by atoms with van der Waals surface area (Å²) >= 11 is 0. The smallest absolute Gasteiger partial charge is 0.242 e. The standard InChI is InChI=1S/C17H27N3O3S.ClH/c1-11-8-14(24(22,23)20(3)4)10-16(12(11)2)19-17(21)9-13-6-5-7-15(13)18;/h8,10,13,15H,5-7,9,18H2,1-4H3,(H,19,21);1H/t13-,15+;/m0./s1. The van der Waals surface area contributed by atoms with E-state index in [1.54, 1.807) is 6.07 Å². The topological polar surface area (TPSA) is 92.5 Å². The number of halogens is 1.